The first-order valence-electron chi connectivity index (χ1n) is 7.50. The zero-order valence-corrected chi connectivity index (χ0v) is 12.8. The lowest BCUT2D eigenvalue weighted by Crippen LogP contribution is -2.10. The molecule has 1 saturated carbocycles. The molecule has 0 aromatic heterocycles. The molecule has 1 fully saturated rings. The molecule has 0 bridgehead atoms. The second-order valence-electron chi connectivity index (χ2n) is 5.81. The van der Waals surface area contributed by atoms with E-state index in [9.17, 15) is 9.90 Å². The van der Waals surface area contributed by atoms with E-state index in [4.69, 9.17) is 9.47 Å². The number of ether oxygens (including phenoxy) is 2. The van der Waals surface area contributed by atoms with Crippen LogP contribution in [0.25, 0.3) is 10.8 Å². The number of hydrogen-bond acceptors (Lipinski definition) is 3. The predicted octanol–water partition coefficient (Wildman–Crippen LogP) is 3.83. The van der Waals surface area contributed by atoms with Crippen LogP contribution >= 0.6 is 0 Å². The quantitative estimate of drug-likeness (QED) is 0.881. The van der Waals surface area contributed by atoms with Crippen molar-refractivity contribution >= 4 is 16.7 Å². The van der Waals surface area contributed by atoms with Crippen LogP contribution in [0.2, 0.25) is 0 Å². The van der Waals surface area contributed by atoms with Crippen molar-refractivity contribution in [2.75, 3.05) is 14.2 Å². The third-order valence-electron chi connectivity index (χ3n) is 4.41. The van der Waals surface area contributed by atoms with E-state index >= 15 is 0 Å². The Morgan fingerprint density at radius 2 is 1.95 bits per heavy atom. The van der Waals surface area contributed by atoms with E-state index in [0.717, 1.165) is 40.7 Å². The Balaban J connectivity index is 2.20. The number of benzene rings is 2. The minimum atomic E-state index is -0.765. The van der Waals surface area contributed by atoms with Crippen molar-refractivity contribution in [3.8, 4) is 11.5 Å². The molecule has 22 heavy (non-hydrogen) atoms. The summed E-state index contributed by atoms with van der Waals surface area (Å²) in [6, 6.07) is 9.83. The fourth-order valence-corrected chi connectivity index (χ4v) is 3.18. The summed E-state index contributed by atoms with van der Waals surface area (Å²) < 4.78 is 10.9. The summed E-state index contributed by atoms with van der Waals surface area (Å²) in [5, 5.41) is 11.4. The van der Waals surface area contributed by atoms with Crippen LogP contribution in [0.15, 0.2) is 30.3 Å². The van der Waals surface area contributed by atoms with E-state index in [0.29, 0.717) is 5.92 Å². The molecule has 0 saturated heterocycles. The zero-order valence-electron chi connectivity index (χ0n) is 12.8. The average molecular weight is 300 g/mol. The van der Waals surface area contributed by atoms with Gasteiger partial charge >= 0.3 is 5.97 Å². The number of hydrogen-bond donors (Lipinski definition) is 1. The Hall–Kier alpha value is -2.23. The highest BCUT2D eigenvalue weighted by atomic mass is 16.5. The Morgan fingerprint density at radius 1 is 1.23 bits per heavy atom. The molecule has 2 aromatic carbocycles. The molecule has 1 atom stereocenters. The lowest BCUT2D eigenvalue weighted by Gasteiger charge is -2.20. The monoisotopic (exact) mass is 300 g/mol. The van der Waals surface area contributed by atoms with E-state index < -0.39 is 5.97 Å². The first kappa shape index (κ1) is 14.7. The minimum Gasteiger partial charge on any atom is -0.497 e. The molecule has 1 aliphatic carbocycles. The molecule has 0 spiro atoms. The fraction of sp³-hybridized carbons (Fsp3) is 0.389. The van der Waals surface area contributed by atoms with Gasteiger partial charge in [-0.05, 0) is 47.7 Å². The fourth-order valence-electron chi connectivity index (χ4n) is 3.18. The third-order valence-corrected chi connectivity index (χ3v) is 4.41. The normalized spacial score (nSPS) is 15.5. The molecule has 2 aromatic rings. The molecule has 1 unspecified atom stereocenters. The van der Waals surface area contributed by atoms with Gasteiger partial charge in [0.2, 0.25) is 0 Å². The maximum Gasteiger partial charge on any atom is 0.303 e. The zero-order chi connectivity index (χ0) is 15.7. The highest BCUT2D eigenvalue weighted by Crippen LogP contribution is 2.49. The standard InChI is InChI=1S/C18H20O4/c1-21-13-7-5-12-6-8-16(22-2)18(14(12)9-13)15(10-17(19)20)11-3-4-11/h5-9,11,15H,3-4,10H2,1-2H3,(H,19,20). The Morgan fingerprint density at radius 3 is 2.55 bits per heavy atom. The molecule has 1 N–H and O–H groups in total. The van der Waals surface area contributed by atoms with Crippen LogP contribution in [-0.4, -0.2) is 25.3 Å². The van der Waals surface area contributed by atoms with Crippen molar-refractivity contribution in [1.82, 2.24) is 0 Å². The summed E-state index contributed by atoms with van der Waals surface area (Å²) in [6.07, 6.45) is 2.31. The van der Waals surface area contributed by atoms with Gasteiger partial charge in [-0.3, -0.25) is 4.79 Å². The van der Waals surface area contributed by atoms with Crippen LogP contribution in [0.4, 0.5) is 0 Å². The number of fused-ring (bicyclic) bond motifs is 1. The van der Waals surface area contributed by atoms with Crippen molar-refractivity contribution in [1.29, 1.82) is 0 Å². The van der Waals surface area contributed by atoms with Crippen molar-refractivity contribution in [3.05, 3.63) is 35.9 Å². The SMILES string of the molecule is COc1ccc2ccc(OC)c(C(CC(=O)O)C3CC3)c2c1. The lowest BCUT2D eigenvalue weighted by atomic mass is 9.86. The van der Waals surface area contributed by atoms with Gasteiger partial charge in [-0.25, -0.2) is 0 Å². The molecule has 4 nitrogen and oxygen atoms in total. The van der Waals surface area contributed by atoms with E-state index in [1.165, 1.54) is 0 Å². The van der Waals surface area contributed by atoms with Gasteiger partial charge in [-0.1, -0.05) is 12.1 Å². The number of methoxy groups -OCH3 is 2. The molecule has 0 heterocycles. The van der Waals surface area contributed by atoms with Crippen LogP contribution in [-0.2, 0) is 4.79 Å². The molecular weight excluding hydrogens is 280 g/mol. The summed E-state index contributed by atoms with van der Waals surface area (Å²) in [5.74, 6) is 1.19. The van der Waals surface area contributed by atoms with Gasteiger partial charge in [0.25, 0.3) is 0 Å². The summed E-state index contributed by atoms with van der Waals surface area (Å²) in [4.78, 5) is 11.3. The predicted molar refractivity (Wildman–Crippen MR) is 84.8 cm³/mol. The van der Waals surface area contributed by atoms with Gasteiger partial charge in [-0.2, -0.15) is 0 Å². The van der Waals surface area contributed by atoms with Crippen molar-refractivity contribution in [3.63, 3.8) is 0 Å². The molecule has 4 heteroatoms. The second-order valence-corrected chi connectivity index (χ2v) is 5.81. The smallest absolute Gasteiger partial charge is 0.303 e. The van der Waals surface area contributed by atoms with E-state index in [-0.39, 0.29) is 12.3 Å². The largest absolute Gasteiger partial charge is 0.497 e. The Labute approximate surface area is 129 Å². The van der Waals surface area contributed by atoms with Crippen molar-refractivity contribution in [2.45, 2.75) is 25.2 Å². The summed E-state index contributed by atoms with van der Waals surface area (Å²) in [7, 11) is 3.27. The van der Waals surface area contributed by atoms with Crippen molar-refractivity contribution < 1.29 is 19.4 Å². The van der Waals surface area contributed by atoms with E-state index in [1.54, 1.807) is 14.2 Å². The Bertz CT molecular complexity index is 698. The number of carboxylic acids is 1. The number of carbonyl (C=O) groups is 1. The summed E-state index contributed by atoms with van der Waals surface area (Å²) in [6.45, 7) is 0. The minimum absolute atomic E-state index is 0.0109. The highest BCUT2D eigenvalue weighted by Gasteiger charge is 2.36. The topological polar surface area (TPSA) is 55.8 Å². The van der Waals surface area contributed by atoms with Crippen LogP contribution < -0.4 is 9.47 Å². The first-order chi connectivity index (χ1) is 10.6. The molecule has 3 rings (SSSR count). The van der Waals surface area contributed by atoms with Gasteiger partial charge in [0.15, 0.2) is 0 Å². The molecule has 0 aliphatic heterocycles. The maximum atomic E-state index is 11.3. The van der Waals surface area contributed by atoms with Gasteiger partial charge < -0.3 is 14.6 Å². The number of aliphatic carboxylic acids is 1. The lowest BCUT2D eigenvalue weighted by molar-refractivity contribution is -0.137. The van der Waals surface area contributed by atoms with Crippen molar-refractivity contribution in [2.24, 2.45) is 5.92 Å². The molecule has 116 valence electrons. The van der Waals surface area contributed by atoms with Crippen LogP contribution in [0, 0.1) is 5.92 Å². The molecule has 0 radical (unpaired) electrons. The molecule has 1 aliphatic rings. The number of rotatable bonds is 6. The van der Waals surface area contributed by atoms with Gasteiger partial charge in [0.05, 0.1) is 20.6 Å². The van der Waals surface area contributed by atoms with Crippen LogP contribution in [0.3, 0.4) is 0 Å². The Kier molecular flexibility index (Phi) is 3.92. The van der Waals surface area contributed by atoms with Gasteiger partial charge in [0.1, 0.15) is 11.5 Å². The van der Waals surface area contributed by atoms with Crippen LogP contribution in [0.5, 0.6) is 11.5 Å². The van der Waals surface area contributed by atoms with Gasteiger partial charge in [0, 0.05) is 11.5 Å². The summed E-state index contributed by atoms with van der Waals surface area (Å²) >= 11 is 0. The average Bonchev–Trinajstić information content (AvgIpc) is 3.35. The van der Waals surface area contributed by atoms with Gasteiger partial charge in [-0.15, -0.1) is 0 Å². The summed E-state index contributed by atoms with van der Waals surface area (Å²) in [5.41, 5.74) is 1.00. The third kappa shape index (κ3) is 2.73. The molecular formula is C18H20O4. The van der Waals surface area contributed by atoms with Crippen LogP contribution in [0.1, 0.15) is 30.7 Å². The van der Waals surface area contributed by atoms with E-state index in [2.05, 4.69) is 0 Å². The highest BCUT2D eigenvalue weighted by molar-refractivity contribution is 5.90. The first-order valence-corrected chi connectivity index (χ1v) is 7.50. The second kappa shape index (κ2) is 5.87. The maximum absolute atomic E-state index is 11.3. The van der Waals surface area contributed by atoms with E-state index in [1.807, 2.05) is 30.3 Å². The molecule has 0 amide bonds. The number of carboxylic acid groups (broad SMARTS) is 1.